The summed E-state index contributed by atoms with van der Waals surface area (Å²) >= 11 is 0. The molecule has 0 aliphatic carbocycles. The van der Waals surface area contributed by atoms with Crippen molar-refractivity contribution in [3.63, 3.8) is 0 Å². The summed E-state index contributed by atoms with van der Waals surface area (Å²) in [7, 11) is 0. The lowest BCUT2D eigenvalue weighted by atomic mass is 10.0. The Morgan fingerprint density at radius 1 is 1.52 bits per heavy atom. The number of hydrogen-bond donors (Lipinski definition) is 3. The maximum absolute atomic E-state index is 10.5. The van der Waals surface area contributed by atoms with Gasteiger partial charge in [-0.15, -0.1) is 0 Å². The van der Waals surface area contributed by atoms with Gasteiger partial charge in [-0.3, -0.25) is 4.79 Å². The molecule has 1 atom stereocenters. The molecule has 0 aromatic heterocycles. The molecule has 1 aliphatic heterocycles. The molecular formula is C16H24N2O3. The van der Waals surface area contributed by atoms with Crippen molar-refractivity contribution < 1.29 is 14.6 Å². The summed E-state index contributed by atoms with van der Waals surface area (Å²) < 4.78 is 5.93. The molecule has 0 saturated heterocycles. The van der Waals surface area contributed by atoms with Gasteiger partial charge in [0.05, 0.1) is 18.7 Å². The van der Waals surface area contributed by atoms with Crippen molar-refractivity contribution in [1.29, 1.82) is 0 Å². The first kappa shape index (κ1) is 15.6. The number of nitrogens with one attached hydrogen (secondary N) is 2. The number of carbonyl (C=O) groups is 1. The second-order valence-electron chi connectivity index (χ2n) is 6.25. The third-order valence-corrected chi connectivity index (χ3v) is 3.51. The van der Waals surface area contributed by atoms with Gasteiger partial charge in [0, 0.05) is 12.6 Å². The summed E-state index contributed by atoms with van der Waals surface area (Å²) in [4.78, 5) is 10.5. The van der Waals surface area contributed by atoms with E-state index in [1.165, 1.54) is 5.56 Å². The van der Waals surface area contributed by atoms with Crippen molar-refractivity contribution in [1.82, 2.24) is 5.32 Å². The van der Waals surface area contributed by atoms with Crippen LogP contribution in [0.5, 0.6) is 5.75 Å². The third kappa shape index (κ3) is 4.63. The van der Waals surface area contributed by atoms with E-state index in [0.29, 0.717) is 6.54 Å². The first-order valence-electron chi connectivity index (χ1n) is 7.37. The van der Waals surface area contributed by atoms with Gasteiger partial charge >= 0.3 is 5.97 Å². The SMILES string of the molecule is CC(Cc1ccc2c(c1)NCC(C)(C)O2)NCCC(=O)O. The molecule has 5 heteroatoms. The minimum atomic E-state index is -0.771. The zero-order chi connectivity index (χ0) is 15.5. The van der Waals surface area contributed by atoms with Crippen LogP contribution in [0.3, 0.4) is 0 Å². The summed E-state index contributed by atoms with van der Waals surface area (Å²) in [5.74, 6) is 0.119. The van der Waals surface area contributed by atoms with Gasteiger partial charge in [-0.25, -0.2) is 0 Å². The molecule has 0 radical (unpaired) electrons. The summed E-state index contributed by atoms with van der Waals surface area (Å²) in [6, 6.07) is 6.42. The number of benzene rings is 1. The number of ether oxygens (including phenoxy) is 1. The molecule has 0 bridgehead atoms. The number of hydrogen-bond acceptors (Lipinski definition) is 4. The average molecular weight is 292 g/mol. The smallest absolute Gasteiger partial charge is 0.304 e. The Labute approximate surface area is 125 Å². The average Bonchev–Trinajstić information content (AvgIpc) is 2.38. The van der Waals surface area contributed by atoms with Crippen molar-refractivity contribution in [2.45, 2.75) is 45.3 Å². The molecule has 21 heavy (non-hydrogen) atoms. The van der Waals surface area contributed by atoms with E-state index in [1.54, 1.807) is 0 Å². The molecule has 0 saturated carbocycles. The highest BCUT2D eigenvalue weighted by molar-refractivity contribution is 5.66. The topological polar surface area (TPSA) is 70.6 Å². The predicted molar refractivity (Wildman–Crippen MR) is 83.1 cm³/mol. The van der Waals surface area contributed by atoms with Crippen LogP contribution in [-0.4, -0.2) is 35.8 Å². The van der Waals surface area contributed by atoms with Gasteiger partial charge in [-0.05, 0) is 44.9 Å². The minimum Gasteiger partial charge on any atom is -0.484 e. The van der Waals surface area contributed by atoms with Crippen LogP contribution in [0.25, 0.3) is 0 Å². The molecule has 2 rings (SSSR count). The Hall–Kier alpha value is -1.75. The van der Waals surface area contributed by atoms with Crippen molar-refractivity contribution >= 4 is 11.7 Å². The maximum atomic E-state index is 10.5. The number of rotatable bonds is 6. The summed E-state index contributed by atoms with van der Waals surface area (Å²) in [6.45, 7) is 7.47. The number of anilines is 1. The molecule has 1 aromatic rings. The molecule has 1 unspecified atom stereocenters. The fourth-order valence-electron chi connectivity index (χ4n) is 2.42. The lowest BCUT2D eigenvalue weighted by molar-refractivity contribution is -0.136. The Balaban J connectivity index is 1.92. The summed E-state index contributed by atoms with van der Waals surface area (Å²) in [5, 5.41) is 15.3. The monoisotopic (exact) mass is 292 g/mol. The number of fused-ring (bicyclic) bond motifs is 1. The van der Waals surface area contributed by atoms with Crippen LogP contribution in [0.2, 0.25) is 0 Å². The van der Waals surface area contributed by atoms with Gasteiger partial charge in [0.1, 0.15) is 11.4 Å². The van der Waals surface area contributed by atoms with Crippen molar-refractivity contribution in [3.05, 3.63) is 23.8 Å². The predicted octanol–water partition coefficient (Wildman–Crippen LogP) is 2.26. The van der Waals surface area contributed by atoms with E-state index in [4.69, 9.17) is 9.84 Å². The highest BCUT2D eigenvalue weighted by atomic mass is 16.5. The number of aliphatic carboxylic acids is 1. The largest absolute Gasteiger partial charge is 0.484 e. The normalized spacial score (nSPS) is 17.3. The second-order valence-corrected chi connectivity index (χ2v) is 6.25. The molecule has 116 valence electrons. The van der Waals surface area contributed by atoms with Gasteiger partial charge < -0.3 is 20.5 Å². The van der Waals surface area contributed by atoms with Crippen LogP contribution in [0.1, 0.15) is 32.8 Å². The first-order valence-corrected chi connectivity index (χ1v) is 7.37. The molecule has 0 amide bonds. The van der Waals surface area contributed by atoms with Gasteiger partial charge in [0.15, 0.2) is 0 Å². The Morgan fingerprint density at radius 3 is 3.00 bits per heavy atom. The fourth-order valence-corrected chi connectivity index (χ4v) is 2.42. The minimum absolute atomic E-state index is 0.152. The van der Waals surface area contributed by atoms with Crippen molar-refractivity contribution in [2.24, 2.45) is 0 Å². The number of carboxylic acid groups (broad SMARTS) is 1. The molecule has 0 spiro atoms. The Kier molecular flexibility index (Phi) is 4.73. The van der Waals surface area contributed by atoms with E-state index in [-0.39, 0.29) is 18.1 Å². The molecule has 1 heterocycles. The van der Waals surface area contributed by atoms with Crippen LogP contribution >= 0.6 is 0 Å². The maximum Gasteiger partial charge on any atom is 0.304 e. The van der Waals surface area contributed by atoms with E-state index in [1.807, 2.05) is 6.07 Å². The van der Waals surface area contributed by atoms with E-state index in [0.717, 1.165) is 24.4 Å². The standard InChI is InChI=1S/C16H24N2O3/c1-11(17-7-6-15(19)20)8-12-4-5-14-13(9-12)18-10-16(2,3)21-14/h4-5,9,11,17-18H,6-8,10H2,1-3H3,(H,19,20). The number of carboxylic acids is 1. The lowest BCUT2D eigenvalue weighted by Crippen LogP contribution is -2.40. The molecule has 5 nitrogen and oxygen atoms in total. The molecule has 0 fully saturated rings. The zero-order valence-corrected chi connectivity index (χ0v) is 12.9. The fraction of sp³-hybridized carbons (Fsp3) is 0.562. The third-order valence-electron chi connectivity index (χ3n) is 3.51. The molecule has 1 aromatic carbocycles. The van der Waals surface area contributed by atoms with E-state index in [2.05, 4.69) is 43.5 Å². The van der Waals surface area contributed by atoms with Crippen LogP contribution in [0.15, 0.2) is 18.2 Å². The van der Waals surface area contributed by atoms with E-state index in [9.17, 15) is 4.79 Å². The lowest BCUT2D eigenvalue weighted by Gasteiger charge is -2.33. The zero-order valence-electron chi connectivity index (χ0n) is 12.9. The molecular weight excluding hydrogens is 268 g/mol. The van der Waals surface area contributed by atoms with Gasteiger partial charge in [0.25, 0.3) is 0 Å². The van der Waals surface area contributed by atoms with E-state index >= 15 is 0 Å². The van der Waals surface area contributed by atoms with Crippen molar-refractivity contribution in [3.8, 4) is 5.75 Å². The highest BCUT2D eigenvalue weighted by Crippen LogP contribution is 2.33. The second kappa shape index (κ2) is 6.35. The van der Waals surface area contributed by atoms with Crippen LogP contribution in [0, 0.1) is 0 Å². The summed E-state index contributed by atoms with van der Waals surface area (Å²) in [6.07, 6.45) is 1.01. The molecule has 1 aliphatic rings. The van der Waals surface area contributed by atoms with Crippen LogP contribution < -0.4 is 15.4 Å². The Morgan fingerprint density at radius 2 is 2.29 bits per heavy atom. The Bertz CT molecular complexity index is 514. The van der Waals surface area contributed by atoms with E-state index < -0.39 is 5.97 Å². The van der Waals surface area contributed by atoms with Gasteiger partial charge in [-0.2, -0.15) is 0 Å². The van der Waals surface area contributed by atoms with Gasteiger partial charge in [0.2, 0.25) is 0 Å². The quantitative estimate of drug-likeness (QED) is 0.750. The van der Waals surface area contributed by atoms with Gasteiger partial charge in [-0.1, -0.05) is 6.07 Å². The van der Waals surface area contributed by atoms with Crippen LogP contribution in [0.4, 0.5) is 5.69 Å². The highest BCUT2D eigenvalue weighted by Gasteiger charge is 2.26. The first-order chi connectivity index (χ1) is 9.85. The molecule has 3 N–H and O–H groups in total. The van der Waals surface area contributed by atoms with Crippen molar-refractivity contribution in [2.75, 3.05) is 18.4 Å². The van der Waals surface area contributed by atoms with Crippen LogP contribution in [-0.2, 0) is 11.2 Å². The summed E-state index contributed by atoms with van der Waals surface area (Å²) in [5.41, 5.74) is 2.06.